The maximum atomic E-state index is 11.0. The van der Waals surface area contributed by atoms with Crippen LogP contribution < -0.4 is 0 Å². The Morgan fingerprint density at radius 2 is 1.90 bits per heavy atom. The molecular weight excluding hydrogens is 128 g/mol. The van der Waals surface area contributed by atoms with Crippen LogP contribution in [0.4, 0.5) is 0 Å². The Kier molecular flexibility index (Phi) is 2.20. The van der Waals surface area contributed by atoms with Crippen LogP contribution in [0, 0.1) is 5.92 Å². The van der Waals surface area contributed by atoms with Crippen molar-refractivity contribution in [2.24, 2.45) is 5.92 Å². The van der Waals surface area contributed by atoms with Crippen LogP contribution in [0.5, 0.6) is 0 Å². The molecular formula is C8H12O2. The maximum absolute atomic E-state index is 11.0. The first-order valence-corrected chi connectivity index (χ1v) is 3.74. The molecule has 0 amide bonds. The second-order valence-electron chi connectivity index (χ2n) is 2.94. The zero-order valence-corrected chi connectivity index (χ0v) is 6.22. The normalized spacial score (nSPS) is 28.3. The van der Waals surface area contributed by atoms with Crippen LogP contribution in [0.15, 0.2) is 0 Å². The summed E-state index contributed by atoms with van der Waals surface area (Å²) in [5, 5.41) is 0. The number of hydrogen-bond donors (Lipinski definition) is 0. The molecule has 0 bridgehead atoms. The molecule has 56 valence electrons. The Hall–Kier alpha value is -0.660. The fourth-order valence-corrected chi connectivity index (χ4v) is 1.17. The lowest BCUT2D eigenvalue weighted by molar-refractivity contribution is -0.123. The minimum atomic E-state index is 0.117. The lowest BCUT2D eigenvalue weighted by Crippen LogP contribution is -2.06. The highest BCUT2D eigenvalue weighted by Gasteiger charge is 2.19. The van der Waals surface area contributed by atoms with E-state index in [1.54, 1.807) is 0 Å². The molecule has 0 aliphatic heterocycles. The van der Waals surface area contributed by atoms with Gasteiger partial charge in [-0.3, -0.25) is 9.59 Å². The Balaban J connectivity index is 2.54. The van der Waals surface area contributed by atoms with E-state index in [4.69, 9.17) is 0 Å². The molecule has 2 nitrogen and oxygen atoms in total. The van der Waals surface area contributed by atoms with Gasteiger partial charge < -0.3 is 0 Å². The molecule has 0 saturated heterocycles. The van der Waals surface area contributed by atoms with E-state index in [-0.39, 0.29) is 17.5 Å². The van der Waals surface area contributed by atoms with E-state index >= 15 is 0 Å². The predicted molar refractivity (Wildman–Crippen MR) is 37.6 cm³/mol. The fourth-order valence-electron chi connectivity index (χ4n) is 1.17. The van der Waals surface area contributed by atoms with Gasteiger partial charge in [0, 0.05) is 25.2 Å². The second kappa shape index (κ2) is 2.95. The molecule has 0 N–H and O–H groups in total. The first-order valence-electron chi connectivity index (χ1n) is 3.74. The van der Waals surface area contributed by atoms with Crippen LogP contribution in [0.1, 0.15) is 32.6 Å². The number of ketones is 2. The average Bonchev–Trinajstić information content (AvgIpc) is 2.04. The van der Waals surface area contributed by atoms with E-state index < -0.39 is 0 Å². The SMILES string of the molecule is CC1CCC(=O)CCC1=O. The van der Waals surface area contributed by atoms with Crippen LogP contribution in [-0.2, 0) is 9.59 Å². The summed E-state index contributed by atoms with van der Waals surface area (Å²) in [5.41, 5.74) is 0. The summed E-state index contributed by atoms with van der Waals surface area (Å²) < 4.78 is 0. The highest BCUT2D eigenvalue weighted by molar-refractivity contribution is 5.89. The molecule has 0 spiro atoms. The number of rotatable bonds is 0. The number of carbonyl (C=O) groups is 2. The average molecular weight is 140 g/mol. The topological polar surface area (TPSA) is 34.1 Å². The van der Waals surface area contributed by atoms with E-state index in [1.165, 1.54) is 0 Å². The Morgan fingerprint density at radius 1 is 1.20 bits per heavy atom. The van der Waals surface area contributed by atoms with Crippen molar-refractivity contribution in [1.29, 1.82) is 0 Å². The van der Waals surface area contributed by atoms with Crippen LogP contribution in [-0.4, -0.2) is 11.6 Å². The molecule has 1 atom stereocenters. The fraction of sp³-hybridized carbons (Fsp3) is 0.750. The summed E-state index contributed by atoms with van der Waals surface area (Å²) in [7, 11) is 0. The monoisotopic (exact) mass is 140 g/mol. The van der Waals surface area contributed by atoms with Crippen LogP contribution >= 0.6 is 0 Å². The molecule has 0 heterocycles. The largest absolute Gasteiger partial charge is 0.300 e. The first kappa shape index (κ1) is 7.45. The van der Waals surface area contributed by atoms with Crippen molar-refractivity contribution >= 4 is 11.6 Å². The Morgan fingerprint density at radius 3 is 2.60 bits per heavy atom. The summed E-state index contributed by atoms with van der Waals surface area (Å²) in [4.78, 5) is 21.8. The molecule has 1 aliphatic rings. The number of hydrogen-bond acceptors (Lipinski definition) is 2. The van der Waals surface area contributed by atoms with Crippen LogP contribution in [0.3, 0.4) is 0 Å². The quantitative estimate of drug-likeness (QED) is 0.476. The zero-order chi connectivity index (χ0) is 7.56. The summed E-state index contributed by atoms with van der Waals surface area (Å²) in [6.07, 6.45) is 2.31. The van der Waals surface area contributed by atoms with Crippen LogP contribution in [0.25, 0.3) is 0 Å². The highest BCUT2D eigenvalue weighted by Crippen LogP contribution is 2.16. The van der Waals surface area contributed by atoms with E-state index in [0.29, 0.717) is 19.3 Å². The van der Waals surface area contributed by atoms with Gasteiger partial charge in [-0.15, -0.1) is 0 Å². The molecule has 10 heavy (non-hydrogen) atoms. The molecule has 2 heteroatoms. The maximum Gasteiger partial charge on any atom is 0.136 e. The van der Waals surface area contributed by atoms with Crippen molar-refractivity contribution < 1.29 is 9.59 Å². The summed E-state index contributed by atoms with van der Waals surface area (Å²) in [6, 6.07) is 0. The molecule has 1 fully saturated rings. The van der Waals surface area contributed by atoms with Crippen molar-refractivity contribution in [2.75, 3.05) is 0 Å². The van der Waals surface area contributed by atoms with Crippen molar-refractivity contribution in [3.8, 4) is 0 Å². The number of carbonyl (C=O) groups excluding carboxylic acids is 2. The van der Waals surface area contributed by atoms with Gasteiger partial charge >= 0.3 is 0 Å². The smallest absolute Gasteiger partial charge is 0.136 e. The van der Waals surface area contributed by atoms with Gasteiger partial charge in [-0.2, -0.15) is 0 Å². The third-order valence-corrected chi connectivity index (χ3v) is 2.06. The molecule has 0 aromatic heterocycles. The number of Topliss-reactive ketones (excluding diaryl/α,β-unsaturated/α-hetero) is 2. The van der Waals surface area contributed by atoms with Gasteiger partial charge in [0.05, 0.1) is 0 Å². The predicted octanol–water partition coefficient (Wildman–Crippen LogP) is 1.33. The van der Waals surface area contributed by atoms with Gasteiger partial charge in [0.25, 0.3) is 0 Å². The van der Waals surface area contributed by atoms with Crippen molar-refractivity contribution in [2.45, 2.75) is 32.6 Å². The Bertz CT molecular complexity index is 161. The van der Waals surface area contributed by atoms with Gasteiger partial charge in [-0.25, -0.2) is 0 Å². The van der Waals surface area contributed by atoms with Crippen molar-refractivity contribution in [3.05, 3.63) is 0 Å². The molecule has 1 aliphatic carbocycles. The molecule has 1 saturated carbocycles. The van der Waals surface area contributed by atoms with Gasteiger partial charge in [-0.1, -0.05) is 6.92 Å². The first-order chi connectivity index (χ1) is 4.70. The Labute approximate surface area is 60.6 Å². The van der Waals surface area contributed by atoms with Gasteiger partial charge in [0.15, 0.2) is 0 Å². The summed E-state index contributed by atoms with van der Waals surface area (Å²) in [5.74, 6) is 0.620. The van der Waals surface area contributed by atoms with Crippen LogP contribution in [0.2, 0.25) is 0 Å². The van der Waals surface area contributed by atoms with Crippen molar-refractivity contribution in [3.63, 3.8) is 0 Å². The minimum absolute atomic E-state index is 0.117. The molecule has 0 radical (unpaired) electrons. The molecule has 0 aromatic carbocycles. The summed E-state index contributed by atoms with van der Waals surface area (Å²) >= 11 is 0. The van der Waals surface area contributed by atoms with Gasteiger partial charge in [0.1, 0.15) is 11.6 Å². The van der Waals surface area contributed by atoms with E-state index in [9.17, 15) is 9.59 Å². The summed E-state index contributed by atoms with van der Waals surface area (Å²) in [6.45, 7) is 1.90. The van der Waals surface area contributed by atoms with E-state index in [0.717, 1.165) is 6.42 Å². The van der Waals surface area contributed by atoms with Gasteiger partial charge in [-0.05, 0) is 6.42 Å². The lowest BCUT2D eigenvalue weighted by atomic mass is 10.0. The third-order valence-electron chi connectivity index (χ3n) is 2.06. The minimum Gasteiger partial charge on any atom is -0.300 e. The van der Waals surface area contributed by atoms with Gasteiger partial charge in [0.2, 0.25) is 0 Å². The molecule has 0 aromatic rings. The lowest BCUT2D eigenvalue weighted by Gasteiger charge is -2.01. The van der Waals surface area contributed by atoms with E-state index in [2.05, 4.69) is 0 Å². The van der Waals surface area contributed by atoms with E-state index in [1.807, 2.05) is 6.92 Å². The molecule has 1 unspecified atom stereocenters. The molecule has 1 rings (SSSR count). The highest BCUT2D eigenvalue weighted by atomic mass is 16.1. The standard InChI is InChI=1S/C8H12O2/c1-6-2-3-7(9)4-5-8(6)10/h6H,2-5H2,1H3. The zero-order valence-electron chi connectivity index (χ0n) is 6.22. The third kappa shape index (κ3) is 1.66. The van der Waals surface area contributed by atoms with Crippen molar-refractivity contribution in [1.82, 2.24) is 0 Å². The second-order valence-corrected chi connectivity index (χ2v) is 2.94.